The number of halogens is 1. The van der Waals surface area contributed by atoms with Crippen LogP contribution in [0.1, 0.15) is 11.1 Å². The summed E-state index contributed by atoms with van der Waals surface area (Å²) in [5.41, 5.74) is 4.33. The Kier molecular flexibility index (Phi) is 5.31. The van der Waals surface area contributed by atoms with Gasteiger partial charge in [0.25, 0.3) is 5.09 Å². The molecule has 0 aliphatic heterocycles. The van der Waals surface area contributed by atoms with Gasteiger partial charge in [-0.2, -0.15) is 0 Å². The molecule has 2 aromatic carbocycles. The second-order valence-corrected chi connectivity index (χ2v) is 5.57. The summed E-state index contributed by atoms with van der Waals surface area (Å²) in [6, 6.07) is 13.4. The zero-order valence-corrected chi connectivity index (χ0v) is 14.2. The minimum atomic E-state index is -0.798. The van der Waals surface area contributed by atoms with Crippen LogP contribution in [0.2, 0.25) is 0 Å². The molecule has 0 radical (unpaired) electrons. The van der Waals surface area contributed by atoms with Gasteiger partial charge in [-0.3, -0.25) is 4.84 Å². The van der Waals surface area contributed by atoms with Crippen LogP contribution in [0.4, 0.5) is 5.69 Å². The maximum Gasteiger partial charge on any atom is 0.299 e. The van der Waals surface area contributed by atoms with Gasteiger partial charge in [0.2, 0.25) is 0 Å². The van der Waals surface area contributed by atoms with E-state index in [1.165, 1.54) is 5.56 Å². The summed E-state index contributed by atoms with van der Waals surface area (Å²) in [4.78, 5) is 20.3. The fraction of sp³-hybridized carbons (Fsp3) is 0.176. The van der Waals surface area contributed by atoms with Crippen LogP contribution in [0.15, 0.2) is 48.7 Å². The minimum absolute atomic E-state index is 0. The Morgan fingerprint density at radius 2 is 1.88 bits per heavy atom. The van der Waals surface area contributed by atoms with Crippen molar-refractivity contribution in [3.05, 3.63) is 69.9 Å². The standard InChI is InChI=1S/C17H17N3O3.ClH/c1-19(2)14-5-3-12(4-6-14)9-13-11-18-17-8-7-15(10-16(13)17)23-20(21)22;/h3-8,10-11,18H,9H2,1-2H3;1H. The van der Waals surface area contributed by atoms with Crippen LogP contribution in [0.25, 0.3) is 10.9 Å². The van der Waals surface area contributed by atoms with E-state index in [0.29, 0.717) is 0 Å². The number of anilines is 1. The largest absolute Gasteiger partial charge is 0.378 e. The lowest BCUT2D eigenvalue weighted by atomic mass is 10.0. The molecule has 0 spiro atoms. The number of fused-ring (bicyclic) bond motifs is 1. The third-order valence-electron chi connectivity index (χ3n) is 3.77. The van der Waals surface area contributed by atoms with Gasteiger partial charge in [0.1, 0.15) is 5.75 Å². The molecule has 6 nitrogen and oxygen atoms in total. The van der Waals surface area contributed by atoms with Crippen LogP contribution in [0.3, 0.4) is 0 Å². The van der Waals surface area contributed by atoms with Crippen molar-refractivity contribution < 1.29 is 9.92 Å². The third-order valence-corrected chi connectivity index (χ3v) is 3.77. The predicted molar refractivity (Wildman–Crippen MR) is 96.7 cm³/mol. The fourth-order valence-electron chi connectivity index (χ4n) is 2.58. The zero-order valence-electron chi connectivity index (χ0n) is 13.4. The zero-order chi connectivity index (χ0) is 16.4. The number of benzene rings is 2. The van der Waals surface area contributed by atoms with Gasteiger partial charge >= 0.3 is 0 Å². The highest BCUT2D eigenvalue weighted by Crippen LogP contribution is 2.26. The van der Waals surface area contributed by atoms with Crippen LogP contribution >= 0.6 is 12.4 Å². The van der Waals surface area contributed by atoms with Gasteiger partial charge in [0.05, 0.1) is 0 Å². The Balaban J connectivity index is 0.00000208. The first-order valence-corrected chi connectivity index (χ1v) is 7.21. The van der Waals surface area contributed by atoms with Crippen molar-refractivity contribution in [1.82, 2.24) is 4.98 Å². The van der Waals surface area contributed by atoms with Gasteiger partial charge in [-0.15, -0.1) is 22.5 Å². The average molecular weight is 348 g/mol. The number of nitrogens with zero attached hydrogens (tertiary/aromatic N) is 2. The molecule has 7 heteroatoms. The second-order valence-electron chi connectivity index (χ2n) is 5.57. The van der Waals surface area contributed by atoms with Crippen LogP contribution in [0, 0.1) is 10.1 Å². The highest BCUT2D eigenvalue weighted by molar-refractivity contribution is 5.85. The van der Waals surface area contributed by atoms with E-state index in [1.807, 2.05) is 20.3 Å². The average Bonchev–Trinajstić information content (AvgIpc) is 2.90. The lowest BCUT2D eigenvalue weighted by Gasteiger charge is -2.12. The molecular weight excluding hydrogens is 330 g/mol. The number of aromatic amines is 1. The SMILES string of the molecule is CN(C)c1ccc(Cc2c[nH]c3ccc(O[N+](=O)[O-])cc23)cc1.Cl. The molecule has 1 N–H and O–H groups in total. The normalized spacial score (nSPS) is 10.2. The number of H-pyrrole nitrogens is 1. The second kappa shape index (κ2) is 7.23. The maximum absolute atomic E-state index is 10.5. The quantitative estimate of drug-likeness (QED) is 0.562. The van der Waals surface area contributed by atoms with Crippen molar-refractivity contribution in [2.45, 2.75) is 6.42 Å². The predicted octanol–water partition coefficient (Wildman–Crippen LogP) is 3.82. The summed E-state index contributed by atoms with van der Waals surface area (Å²) < 4.78 is 0. The van der Waals surface area contributed by atoms with E-state index in [-0.39, 0.29) is 18.2 Å². The van der Waals surface area contributed by atoms with Gasteiger partial charge < -0.3 is 9.88 Å². The maximum atomic E-state index is 10.5. The summed E-state index contributed by atoms with van der Waals surface area (Å²) >= 11 is 0. The highest BCUT2D eigenvalue weighted by Gasteiger charge is 2.08. The van der Waals surface area contributed by atoms with E-state index < -0.39 is 5.09 Å². The van der Waals surface area contributed by atoms with Crippen molar-refractivity contribution in [3.8, 4) is 5.75 Å². The lowest BCUT2D eigenvalue weighted by molar-refractivity contribution is -0.711. The van der Waals surface area contributed by atoms with Crippen molar-refractivity contribution in [2.75, 3.05) is 19.0 Å². The molecule has 0 aliphatic carbocycles. The topological polar surface area (TPSA) is 71.4 Å². The van der Waals surface area contributed by atoms with Crippen LogP contribution in [-0.2, 0) is 6.42 Å². The summed E-state index contributed by atoms with van der Waals surface area (Å²) in [6.07, 6.45) is 2.68. The minimum Gasteiger partial charge on any atom is -0.378 e. The molecule has 0 unspecified atom stereocenters. The smallest absolute Gasteiger partial charge is 0.299 e. The first-order chi connectivity index (χ1) is 11.0. The summed E-state index contributed by atoms with van der Waals surface area (Å²) in [7, 11) is 4.01. The van der Waals surface area contributed by atoms with E-state index in [1.54, 1.807) is 18.2 Å². The number of hydrogen-bond donors (Lipinski definition) is 1. The van der Waals surface area contributed by atoms with Gasteiger partial charge in [-0.25, -0.2) is 0 Å². The molecule has 3 rings (SSSR count). The molecule has 0 bridgehead atoms. The van der Waals surface area contributed by atoms with E-state index in [0.717, 1.165) is 28.6 Å². The van der Waals surface area contributed by atoms with Crippen LogP contribution in [0.5, 0.6) is 5.75 Å². The van der Waals surface area contributed by atoms with Crippen LogP contribution in [-0.4, -0.2) is 24.2 Å². The fourth-order valence-corrected chi connectivity index (χ4v) is 2.58. The molecule has 0 amide bonds. The molecule has 1 aromatic heterocycles. The third kappa shape index (κ3) is 3.78. The Bertz CT molecular complexity index is 844. The molecule has 0 atom stereocenters. The first-order valence-electron chi connectivity index (χ1n) is 7.21. The Morgan fingerprint density at radius 3 is 2.50 bits per heavy atom. The molecule has 3 aromatic rings. The Morgan fingerprint density at radius 1 is 1.17 bits per heavy atom. The molecular formula is C17H18ClN3O3. The summed E-state index contributed by atoms with van der Waals surface area (Å²) in [5, 5.41) is 10.6. The Hall–Kier alpha value is -2.73. The molecule has 0 aliphatic rings. The number of rotatable bonds is 5. The van der Waals surface area contributed by atoms with Gasteiger partial charge in [0, 0.05) is 36.9 Å². The van der Waals surface area contributed by atoms with Crippen LogP contribution < -0.4 is 9.74 Å². The summed E-state index contributed by atoms with van der Waals surface area (Å²) in [5.74, 6) is 0.228. The molecule has 0 fully saturated rings. The van der Waals surface area contributed by atoms with Gasteiger partial charge in [-0.05, 0) is 47.9 Å². The van der Waals surface area contributed by atoms with Crippen molar-refractivity contribution in [3.63, 3.8) is 0 Å². The first kappa shape index (κ1) is 17.6. The number of hydrogen-bond acceptors (Lipinski definition) is 4. The van der Waals surface area contributed by atoms with Crippen molar-refractivity contribution in [2.24, 2.45) is 0 Å². The molecule has 24 heavy (non-hydrogen) atoms. The van der Waals surface area contributed by atoms with Gasteiger partial charge in [-0.1, -0.05) is 12.1 Å². The van der Waals surface area contributed by atoms with E-state index in [9.17, 15) is 10.1 Å². The van der Waals surface area contributed by atoms with E-state index in [2.05, 4.69) is 39.0 Å². The molecule has 0 saturated carbocycles. The van der Waals surface area contributed by atoms with E-state index >= 15 is 0 Å². The number of aromatic nitrogens is 1. The number of nitrogens with one attached hydrogen (secondary N) is 1. The van der Waals surface area contributed by atoms with Crippen molar-refractivity contribution >= 4 is 29.0 Å². The molecule has 1 heterocycles. The van der Waals surface area contributed by atoms with Crippen molar-refractivity contribution in [1.29, 1.82) is 0 Å². The monoisotopic (exact) mass is 347 g/mol. The molecule has 126 valence electrons. The Labute approximate surface area is 145 Å². The molecule has 0 saturated heterocycles. The highest BCUT2D eigenvalue weighted by atomic mass is 35.5. The summed E-state index contributed by atoms with van der Waals surface area (Å²) in [6.45, 7) is 0. The lowest BCUT2D eigenvalue weighted by Crippen LogP contribution is -2.08. The van der Waals surface area contributed by atoms with Gasteiger partial charge in [0.15, 0.2) is 0 Å². The van der Waals surface area contributed by atoms with E-state index in [4.69, 9.17) is 0 Å².